The highest BCUT2D eigenvalue weighted by Crippen LogP contribution is 2.43. The van der Waals surface area contributed by atoms with Crippen LogP contribution >= 0.6 is 0 Å². The standard InChI is InChI=1S/C21H19NO3/c23-19(11-10-16-6-2-1-3-7-16)22-14-12-21(13-15-22)18-9-5-4-8-17(18)20(24)25-21/h1-11H,12-15H2/b11-10+. The molecule has 4 heteroatoms. The van der Waals surface area contributed by atoms with Gasteiger partial charge >= 0.3 is 5.97 Å². The predicted molar refractivity (Wildman–Crippen MR) is 94.8 cm³/mol. The molecule has 1 fully saturated rings. The van der Waals surface area contributed by atoms with E-state index >= 15 is 0 Å². The number of amides is 1. The minimum atomic E-state index is -0.562. The molecule has 0 unspecified atom stereocenters. The molecule has 0 atom stereocenters. The summed E-state index contributed by atoms with van der Waals surface area (Å²) in [6.07, 6.45) is 4.72. The zero-order valence-electron chi connectivity index (χ0n) is 13.9. The third kappa shape index (κ3) is 2.84. The van der Waals surface area contributed by atoms with E-state index in [4.69, 9.17) is 4.74 Å². The maximum atomic E-state index is 12.4. The van der Waals surface area contributed by atoms with Crippen LogP contribution in [0.25, 0.3) is 6.08 Å². The maximum Gasteiger partial charge on any atom is 0.339 e. The number of benzene rings is 2. The van der Waals surface area contributed by atoms with Gasteiger partial charge in [0.25, 0.3) is 0 Å². The average molecular weight is 333 g/mol. The van der Waals surface area contributed by atoms with Crippen molar-refractivity contribution in [1.29, 1.82) is 0 Å². The second-order valence-corrected chi connectivity index (χ2v) is 6.50. The fourth-order valence-corrected chi connectivity index (χ4v) is 3.64. The molecular weight excluding hydrogens is 314 g/mol. The number of likely N-dealkylation sites (tertiary alicyclic amines) is 1. The normalized spacial score (nSPS) is 18.4. The number of hydrogen-bond donors (Lipinski definition) is 0. The van der Waals surface area contributed by atoms with Crippen LogP contribution in [0.3, 0.4) is 0 Å². The zero-order valence-corrected chi connectivity index (χ0v) is 13.9. The van der Waals surface area contributed by atoms with Gasteiger partial charge in [0.05, 0.1) is 5.56 Å². The summed E-state index contributed by atoms with van der Waals surface area (Å²) < 4.78 is 5.72. The van der Waals surface area contributed by atoms with E-state index in [-0.39, 0.29) is 11.9 Å². The molecule has 1 spiro atoms. The molecular formula is C21H19NO3. The van der Waals surface area contributed by atoms with E-state index < -0.39 is 5.60 Å². The molecule has 0 aliphatic carbocycles. The molecule has 1 saturated heterocycles. The van der Waals surface area contributed by atoms with Crippen molar-refractivity contribution < 1.29 is 14.3 Å². The summed E-state index contributed by atoms with van der Waals surface area (Å²) in [4.78, 5) is 26.3. The van der Waals surface area contributed by atoms with Crippen LogP contribution in [0, 0.1) is 0 Å². The lowest BCUT2D eigenvalue weighted by Gasteiger charge is -2.38. The van der Waals surface area contributed by atoms with Crippen molar-refractivity contribution in [3.63, 3.8) is 0 Å². The van der Waals surface area contributed by atoms with Crippen LogP contribution in [0.4, 0.5) is 0 Å². The van der Waals surface area contributed by atoms with E-state index in [0.717, 1.165) is 11.1 Å². The van der Waals surface area contributed by atoms with E-state index in [2.05, 4.69) is 0 Å². The third-order valence-electron chi connectivity index (χ3n) is 5.03. The number of carbonyl (C=O) groups excluding carboxylic acids is 2. The number of hydrogen-bond acceptors (Lipinski definition) is 3. The zero-order chi connectivity index (χ0) is 17.3. The van der Waals surface area contributed by atoms with Gasteiger partial charge in [-0.1, -0.05) is 48.5 Å². The monoisotopic (exact) mass is 333 g/mol. The summed E-state index contributed by atoms with van der Waals surface area (Å²) in [6, 6.07) is 17.3. The largest absolute Gasteiger partial charge is 0.450 e. The molecule has 0 saturated carbocycles. The first-order valence-corrected chi connectivity index (χ1v) is 8.53. The molecule has 2 aliphatic heterocycles. The number of esters is 1. The number of nitrogens with zero attached hydrogens (tertiary/aromatic N) is 1. The van der Waals surface area contributed by atoms with E-state index in [1.807, 2.05) is 65.6 Å². The van der Waals surface area contributed by atoms with Gasteiger partial charge in [-0.3, -0.25) is 4.79 Å². The van der Waals surface area contributed by atoms with Gasteiger partial charge in [0, 0.05) is 37.6 Å². The van der Waals surface area contributed by atoms with E-state index in [1.54, 1.807) is 6.08 Å². The Labute approximate surface area is 146 Å². The summed E-state index contributed by atoms with van der Waals surface area (Å²) in [5, 5.41) is 0. The molecule has 25 heavy (non-hydrogen) atoms. The first-order valence-electron chi connectivity index (χ1n) is 8.53. The second kappa shape index (κ2) is 6.20. The number of piperidine rings is 1. The minimum Gasteiger partial charge on any atom is -0.450 e. The Hall–Kier alpha value is -2.88. The molecule has 2 aromatic rings. The van der Waals surface area contributed by atoms with Gasteiger partial charge in [-0.15, -0.1) is 0 Å². The van der Waals surface area contributed by atoms with Crippen molar-refractivity contribution in [3.8, 4) is 0 Å². The highest BCUT2D eigenvalue weighted by atomic mass is 16.6. The first-order chi connectivity index (χ1) is 12.2. The van der Waals surface area contributed by atoms with E-state index in [9.17, 15) is 9.59 Å². The number of fused-ring (bicyclic) bond motifs is 2. The highest BCUT2D eigenvalue weighted by molar-refractivity contribution is 5.95. The highest BCUT2D eigenvalue weighted by Gasteiger charge is 2.47. The molecule has 4 rings (SSSR count). The van der Waals surface area contributed by atoms with Gasteiger partial charge in [-0.05, 0) is 17.7 Å². The number of carbonyl (C=O) groups is 2. The lowest BCUT2D eigenvalue weighted by molar-refractivity contribution is -0.130. The molecule has 2 aromatic carbocycles. The quantitative estimate of drug-likeness (QED) is 0.625. The molecule has 0 aromatic heterocycles. The summed E-state index contributed by atoms with van der Waals surface area (Å²) in [5.74, 6) is -0.254. The summed E-state index contributed by atoms with van der Waals surface area (Å²) in [7, 11) is 0. The minimum absolute atomic E-state index is 0.00342. The van der Waals surface area contributed by atoms with Crippen molar-refractivity contribution in [2.24, 2.45) is 0 Å². The van der Waals surface area contributed by atoms with Crippen molar-refractivity contribution in [2.45, 2.75) is 18.4 Å². The fourth-order valence-electron chi connectivity index (χ4n) is 3.64. The average Bonchev–Trinajstić information content (AvgIpc) is 2.93. The third-order valence-corrected chi connectivity index (χ3v) is 5.03. The van der Waals surface area contributed by atoms with Crippen molar-refractivity contribution in [3.05, 3.63) is 77.4 Å². The fraction of sp³-hybridized carbons (Fsp3) is 0.238. The Morgan fingerprint density at radius 2 is 1.68 bits per heavy atom. The topological polar surface area (TPSA) is 46.6 Å². The van der Waals surface area contributed by atoms with Crippen LogP contribution in [-0.2, 0) is 15.1 Å². The molecule has 126 valence electrons. The number of rotatable bonds is 2. The molecule has 0 bridgehead atoms. The van der Waals surface area contributed by atoms with Gasteiger partial charge in [-0.2, -0.15) is 0 Å². The lowest BCUT2D eigenvalue weighted by atomic mass is 9.84. The van der Waals surface area contributed by atoms with E-state index in [1.165, 1.54) is 0 Å². The van der Waals surface area contributed by atoms with Crippen molar-refractivity contribution in [1.82, 2.24) is 4.90 Å². The smallest absolute Gasteiger partial charge is 0.339 e. The van der Waals surface area contributed by atoms with Crippen LogP contribution in [-0.4, -0.2) is 29.9 Å². The van der Waals surface area contributed by atoms with Crippen molar-refractivity contribution in [2.75, 3.05) is 13.1 Å². The van der Waals surface area contributed by atoms with Crippen LogP contribution in [0.15, 0.2) is 60.7 Å². The van der Waals surface area contributed by atoms with Crippen LogP contribution in [0.5, 0.6) is 0 Å². The van der Waals surface area contributed by atoms with Gasteiger partial charge in [0.2, 0.25) is 5.91 Å². The van der Waals surface area contributed by atoms with Gasteiger partial charge in [-0.25, -0.2) is 4.79 Å². The molecule has 2 aliphatic rings. The summed E-state index contributed by atoms with van der Waals surface area (Å²) in [6.45, 7) is 1.17. The van der Waals surface area contributed by atoms with Crippen LogP contribution < -0.4 is 0 Å². The Bertz CT molecular complexity index is 833. The SMILES string of the molecule is O=C1OC2(CCN(C(=O)/C=C/c3ccccc3)CC2)c2ccccc21. The maximum absolute atomic E-state index is 12.4. The molecule has 2 heterocycles. The Morgan fingerprint density at radius 3 is 2.44 bits per heavy atom. The molecule has 4 nitrogen and oxygen atoms in total. The Morgan fingerprint density at radius 1 is 1.00 bits per heavy atom. The van der Waals surface area contributed by atoms with Gasteiger partial charge < -0.3 is 9.64 Å². The van der Waals surface area contributed by atoms with Crippen LogP contribution in [0.1, 0.15) is 34.3 Å². The lowest BCUT2D eigenvalue weighted by Crippen LogP contribution is -2.44. The van der Waals surface area contributed by atoms with E-state index in [0.29, 0.717) is 31.5 Å². The Kier molecular flexibility index (Phi) is 3.88. The summed E-state index contributed by atoms with van der Waals surface area (Å²) in [5.41, 5.74) is 2.06. The molecule has 1 amide bonds. The molecule has 0 N–H and O–H groups in total. The van der Waals surface area contributed by atoms with Gasteiger partial charge in [0.15, 0.2) is 0 Å². The molecule has 0 radical (unpaired) electrons. The van der Waals surface area contributed by atoms with Crippen molar-refractivity contribution >= 4 is 18.0 Å². The van der Waals surface area contributed by atoms with Crippen LogP contribution in [0.2, 0.25) is 0 Å². The summed E-state index contributed by atoms with van der Waals surface area (Å²) >= 11 is 0. The Balaban J connectivity index is 1.45. The predicted octanol–water partition coefficient (Wildman–Crippen LogP) is 3.39. The van der Waals surface area contributed by atoms with Gasteiger partial charge in [0.1, 0.15) is 5.60 Å². The second-order valence-electron chi connectivity index (χ2n) is 6.50. The first kappa shape index (κ1) is 15.6. The number of ether oxygens (including phenoxy) is 1.